The molecular weight excluding hydrogens is 709 g/mol. The number of aromatic nitrogens is 6. The topological polar surface area (TPSA) is 77.3 Å². The van der Waals surface area contributed by atoms with Crippen molar-refractivity contribution in [2.75, 3.05) is 0 Å². The van der Waals surface area contributed by atoms with Crippen molar-refractivity contribution in [2.45, 2.75) is 0 Å². The fourth-order valence-electron chi connectivity index (χ4n) is 7.26. The van der Waals surface area contributed by atoms with E-state index in [9.17, 15) is 0 Å². The number of hydrogen-bond acceptors (Lipinski definition) is 6. The molecule has 0 amide bonds. The lowest BCUT2D eigenvalue weighted by atomic mass is 9.98. The van der Waals surface area contributed by atoms with Crippen LogP contribution in [0.2, 0.25) is 0 Å². The van der Waals surface area contributed by atoms with E-state index in [1.165, 1.54) is 0 Å². The van der Waals surface area contributed by atoms with E-state index in [0.717, 1.165) is 66.4 Å². The Hall–Kier alpha value is -7.96. The molecule has 0 atom stereocenters. The Bertz CT molecular complexity index is 2800. The average Bonchev–Trinajstić information content (AvgIpc) is 3.32. The minimum absolute atomic E-state index is 0.582. The van der Waals surface area contributed by atoms with Gasteiger partial charge in [0, 0.05) is 33.4 Å². The van der Waals surface area contributed by atoms with Gasteiger partial charge in [0.2, 0.25) is 0 Å². The zero-order valence-corrected chi connectivity index (χ0v) is 31.3. The second kappa shape index (κ2) is 15.3. The zero-order chi connectivity index (χ0) is 38.7. The van der Waals surface area contributed by atoms with E-state index >= 15 is 0 Å². The average molecular weight is 743 g/mol. The van der Waals surface area contributed by atoms with Crippen molar-refractivity contribution in [3.63, 3.8) is 0 Å². The number of benzene rings is 8. The van der Waals surface area contributed by atoms with E-state index in [2.05, 4.69) is 121 Å². The van der Waals surface area contributed by atoms with E-state index in [-0.39, 0.29) is 0 Å². The van der Waals surface area contributed by atoms with Crippen molar-refractivity contribution < 1.29 is 0 Å². The first-order valence-corrected chi connectivity index (χ1v) is 19.2. The Morgan fingerprint density at radius 3 is 0.724 bits per heavy atom. The molecular formula is C52H34N6. The largest absolute Gasteiger partial charge is 0.208 e. The van der Waals surface area contributed by atoms with Gasteiger partial charge in [-0.1, -0.05) is 194 Å². The third-order valence-electron chi connectivity index (χ3n) is 10.2. The Kier molecular flexibility index (Phi) is 9.10. The lowest BCUT2D eigenvalue weighted by Crippen LogP contribution is -2.02. The summed E-state index contributed by atoms with van der Waals surface area (Å²) in [6, 6.07) is 70.1. The normalized spacial score (nSPS) is 11.1. The third kappa shape index (κ3) is 6.91. The zero-order valence-electron chi connectivity index (χ0n) is 31.3. The molecule has 0 aliphatic carbocycles. The highest BCUT2D eigenvalue weighted by Crippen LogP contribution is 2.36. The van der Waals surface area contributed by atoms with Crippen LogP contribution in [-0.2, 0) is 0 Å². The molecule has 8 aromatic carbocycles. The van der Waals surface area contributed by atoms with Crippen LogP contribution in [0.4, 0.5) is 0 Å². The van der Waals surface area contributed by atoms with Gasteiger partial charge < -0.3 is 0 Å². The van der Waals surface area contributed by atoms with Crippen molar-refractivity contribution in [2.24, 2.45) is 0 Å². The summed E-state index contributed by atoms with van der Waals surface area (Å²) in [5, 5.41) is 1.96. The van der Waals surface area contributed by atoms with E-state index < -0.39 is 0 Å². The Morgan fingerprint density at radius 1 is 0.172 bits per heavy atom. The van der Waals surface area contributed by atoms with Crippen LogP contribution in [0, 0.1) is 0 Å². The second-order valence-corrected chi connectivity index (χ2v) is 13.9. The van der Waals surface area contributed by atoms with Gasteiger partial charge in [-0.3, -0.25) is 0 Å². The molecule has 0 N–H and O–H groups in total. The third-order valence-corrected chi connectivity index (χ3v) is 10.2. The van der Waals surface area contributed by atoms with Gasteiger partial charge in [0.1, 0.15) is 0 Å². The standard InChI is InChI=1S/C52H34N6/c1-5-15-35(16-6-1)37-25-29-41(30-26-37)49-53-47(39-19-9-3-10-20-39)55-51(57-49)45-33-34-46(44-24-14-13-23-43(44)45)52-56-48(40-21-11-4-12-22-40)54-50(58-52)42-31-27-38(28-32-42)36-17-7-2-8-18-36/h1-34H. The van der Waals surface area contributed by atoms with Crippen LogP contribution in [0.1, 0.15) is 0 Å². The van der Waals surface area contributed by atoms with Crippen LogP contribution in [0.3, 0.4) is 0 Å². The number of rotatable bonds is 8. The molecule has 0 bridgehead atoms. The quantitative estimate of drug-likeness (QED) is 0.154. The van der Waals surface area contributed by atoms with Crippen LogP contribution in [0.5, 0.6) is 0 Å². The van der Waals surface area contributed by atoms with E-state index in [0.29, 0.717) is 34.9 Å². The van der Waals surface area contributed by atoms with Crippen LogP contribution in [-0.4, -0.2) is 29.9 Å². The Balaban J connectivity index is 1.10. The monoisotopic (exact) mass is 742 g/mol. The highest BCUT2D eigenvalue weighted by atomic mass is 15.0. The SMILES string of the molecule is c1ccc(-c2ccc(-c3nc(-c4ccccc4)nc(-c4ccc(-c5nc(-c6ccccc6)nc(-c6ccc(-c7ccccc7)cc6)n5)c5ccccc45)n3)cc2)cc1. The molecule has 0 saturated carbocycles. The molecule has 10 rings (SSSR count). The molecule has 0 aliphatic rings. The molecule has 6 heteroatoms. The minimum Gasteiger partial charge on any atom is -0.208 e. The van der Waals surface area contributed by atoms with Crippen LogP contribution >= 0.6 is 0 Å². The van der Waals surface area contributed by atoms with Crippen molar-refractivity contribution in [1.29, 1.82) is 0 Å². The summed E-state index contributed by atoms with van der Waals surface area (Å²) in [6.07, 6.45) is 0. The Labute approximate surface area is 336 Å². The smallest absolute Gasteiger partial charge is 0.164 e. The molecule has 0 unspecified atom stereocenters. The summed E-state index contributed by atoms with van der Waals surface area (Å²) in [5.41, 5.74) is 9.98. The van der Waals surface area contributed by atoms with Crippen molar-refractivity contribution >= 4 is 10.8 Å². The number of nitrogens with zero attached hydrogens (tertiary/aromatic N) is 6. The number of fused-ring (bicyclic) bond motifs is 1. The first-order valence-electron chi connectivity index (χ1n) is 19.2. The second-order valence-electron chi connectivity index (χ2n) is 13.9. The summed E-state index contributed by atoms with van der Waals surface area (Å²) >= 11 is 0. The first kappa shape index (κ1) is 34.5. The molecule has 0 aliphatic heterocycles. The van der Waals surface area contributed by atoms with Crippen LogP contribution in [0.25, 0.3) is 101 Å². The van der Waals surface area contributed by atoms with E-state index in [1.54, 1.807) is 0 Å². The predicted octanol–water partition coefficient (Wildman–Crippen LogP) is 12.5. The lowest BCUT2D eigenvalue weighted by molar-refractivity contribution is 1.07. The lowest BCUT2D eigenvalue weighted by Gasteiger charge is -2.14. The maximum atomic E-state index is 5.13. The molecule has 0 saturated heterocycles. The van der Waals surface area contributed by atoms with Gasteiger partial charge >= 0.3 is 0 Å². The molecule has 10 aromatic rings. The summed E-state index contributed by atoms with van der Waals surface area (Å²) in [4.78, 5) is 30.4. The highest BCUT2D eigenvalue weighted by Gasteiger charge is 2.19. The fourth-order valence-corrected chi connectivity index (χ4v) is 7.26. The fraction of sp³-hybridized carbons (Fsp3) is 0. The molecule has 2 heterocycles. The van der Waals surface area contributed by atoms with Crippen molar-refractivity contribution in [1.82, 2.24) is 29.9 Å². The van der Waals surface area contributed by atoms with Gasteiger partial charge in [-0.05, 0) is 45.2 Å². The maximum absolute atomic E-state index is 5.13. The first-order chi connectivity index (χ1) is 28.7. The summed E-state index contributed by atoms with van der Waals surface area (Å²) in [7, 11) is 0. The number of hydrogen-bond donors (Lipinski definition) is 0. The van der Waals surface area contributed by atoms with Gasteiger partial charge in [-0.2, -0.15) is 0 Å². The summed E-state index contributed by atoms with van der Waals surface area (Å²) < 4.78 is 0. The van der Waals surface area contributed by atoms with E-state index in [4.69, 9.17) is 29.9 Å². The molecule has 0 radical (unpaired) electrons. The predicted molar refractivity (Wildman–Crippen MR) is 234 cm³/mol. The van der Waals surface area contributed by atoms with Gasteiger partial charge in [-0.25, -0.2) is 29.9 Å². The van der Waals surface area contributed by atoms with Crippen molar-refractivity contribution in [3.05, 3.63) is 206 Å². The van der Waals surface area contributed by atoms with Crippen molar-refractivity contribution in [3.8, 4) is 90.6 Å². The van der Waals surface area contributed by atoms with Gasteiger partial charge in [-0.15, -0.1) is 0 Å². The van der Waals surface area contributed by atoms with E-state index in [1.807, 2.05) is 84.9 Å². The molecule has 0 fully saturated rings. The van der Waals surface area contributed by atoms with Gasteiger partial charge in [0.05, 0.1) is 0 Å². The van der Waals surface area contributed by atoms with Crippen LogP contribution in [0.15, 0.2) is 206 Å². The maximum Gasteiger partial charge on any atom is 0.164 e. The molecule has 58 heavy (non-hydrogen) atoms. The summed E-state index contributed by atoms with van der Waals surface area (Å²) in [5.74, 6) is 3.58. The molecule has 6 nitrogen and oxygen atoms in total. The van der Waals surface area contributed by atoms with Gasteiger partial charge in [0.15, 0.2) is 34.9 Å². The molecule has 0 spiro atoms. The molecule has 272 valence electrons. The summed E-state index contributed by atoms with van der Waals surface area (Å²) in [6.45, 7) is 0. The Morgan fingerprint density at radius 2 is 0.397 bits per heavy atom. The highest BCUT2D eigenvalue weighted by molar-refractivity contribution is 6.03. The van der Waals surface area contributed by atoms with Gasteiger partial charge in [0.25, 0.3) is 0 Å². The molecule has 2 aromatic heterocycles. The van der Waals surface area contributed by atoms with Crippen LogP contribution < -0.4 is 0 Å². The minimum atomic E-state index is 0.582.